The van der Waals surface area contributed by atoms with Crippen molar-refractivity contribution in [3.05, 3.63) is 11.9 Å². The largest absolute Gasteiger partial charge is 0.475 e. The molecule has 0 amide bonds. The summed E-state index contributed by atoms with van der Waals surface area (Å²) in [5, 5.41) is 3.15. The highest BCUT2D eigenvalue weighted by Crippen LogP contribution is 2.15. The number of rotatable bonds is 7. The van der Waals surface area contributed by atoms with Gasteiger partial charge in [0.2, 0.25) is 5.88 Å². The first-order valence-corrected chi connectivity index (χ1v) is 6.01. The number of hydrogen-bond acceptors (Lipinski definition) is 5. The molecular formula is C12H21N3O2. The molecule has 96 valence electrons. The zero-order chi connectivity index (χ0) is 12.7. The number of nitrogens with one attached hydrogen (secondary N) is 1. The molecule has 0 atom stereocenters. The monoisotopic (exact) mass is 239 g/mol. The first-order chi connectivity index (χ1) is 8.15. The summed E-state index contributed by atoms with van der Waals surface area (Å²) in [7, 11) is 0. The van der Waals surface area contributed by atoms with Crippen LogP contribution >= 0.6 is 0 Å². The molecule has 1 heterocycles. The van der Waals surface area contributed by atoms with Gasteiger partial charge in [0.25, 0.3) is 0 Å². The quantitative estimate of drug-likeness (QED) is 0.790. The van der Waals surface area contributed by atoms with Crippen LogP contribution in [0.15, 0.2) is 6.07 Å². The Morgan fingerprint density at radius 3 is 2.65 bits per heavy atom. The number of aromatic nitrogens is 2. The van der Waals surface area contributed by atoms with E-state index < -0.39 is 0 Å². The molecule has 0 radical (unpaired) electrons. The molecule has 1 rings (SSSR count). The van der Waals surface area contributed by atoms with E-state index in [1.165, 1.54) is 0 Å². The maximum atomic E-state index is 5.58. The van der Waals surface area contributed by atoms with Gasteiger partial charge >= 0.3 is 0 Å². The Labute approximate surface area is 103 Å². The summed E-state index contributed by atoms with van der Waals surface area (Å²) in [6.07, 6.45) is 0.0966. The lowest BCUT2D eigenvalue weighted by Crippen LogP contribution is -2.11. The zero-order valence-electron chi connectivity index (χ0n) is 11.0. The lowest BCUT2D eigenvalue weighted by Gasteiger charge is -2.12. The Hall–Kier alpha value is -1.36. The minimum absolute atomic E-state index is 0.0966. The van der Waals surface area contributed by atoms with Crippen molar-refractivity contribution in [2.75, 3.05) is 18.5 Å². The van der Waals surface area contributed by atoms with E-state index in [1.54, 1.807) is 6.07 Å². The van der Waals surface area contributed by atoms with Gasteiger partial charge in [0.15, 0.2) is 5.82 Å². The van der Waals surface area contributed by atoms with Crippen molar-refractivity contribution >= 4 is 5.82 Å². The normalized spacial score (nSPS) is 10.6. The highest BCUT2D eigenvalue weighted by atomic mass is 16.5. The van der Waals surface area contributed by atoms with Gasteiger partial charge in [-0.1, -0.05) is 0 Å². The van der Waals surface area contributed by atoms with Crippen LogP contribution in [0, 0.1) is 0 Å². The highest BCUT2D eigenvalue weighted by Gasteiger charge is 2.06. The maximum Gasteiger partial charge on any atom is 0.219 e. The fourth-order valence-electron chi connectivity index (χ4n) is 1.30. The van der Waals surface area contributed by atoms with E-state index in [2.05, 4.69) is 15.3 Å². The molecule has 0 aliphatic carbocycles. The van der Waals surface area contributed by atoms with Gasteiger partial charge in [0.05, 0.1) is 6.10 Å². The molecule has 1 N–H and O–H groups in total. The van der Waals surface area contributed by atoms with Gasteiger partial charge in [0.1, 0.15) is 12.4 Å². The molecule has 0 bridgehead atoms. The van der Waals surface area contributed by atoms with E-state index >= 15 is 0 Å². The first-order valence-electron chi connectivity index (χ1n) is 6.01. The second-order valence-electron chi connectivity index (χ2n) is 3.84. The van der Waals surface area contributed by atoms with Crippen molar-refractivity contribution in [1.82, 2.24) is 9.97 Å². The number of anilines is 1. The van der Waals surface area contributed by atoms with E-state index in [1.807, 2.05) is 27.7 Å². The molecule has 0 saturated heterocycles. The first kappa shape index (κ1) is 13.7. The Morgan fingerprint density at radius 2 is 2.06 bits per heavy atom. The third kappa shape index (κ3) is 4.99. The molecule has 0 fully saturated rings. The molecule has 5 heteroatoms. The molecule has 0 spiro atoms. The van der Waals surface area contributed by atoms with Crippen LogP contribution in [-0.4, -0.2) is 29.2 Å². The Bertz CT molecular complexity index is 343. The SMILES string of the molecule is CCNc1cc(OC(C)C)nc(COCC)n1. The average molecular weight is 239 g/mol. The minimum atomic E-state index is 0.0966. The molecule has 0 unspecified atom stereocenters. The molecular weight excluding hydrogens is 218 g/mol. The van der Waals surface area contributed by atoms with Crippen molar-refractivity contribution in [2.24, 2.45) is 0 Å². The Kier molecular flexibility index (Phi) is 5.69. The third-order valence-corrected chi connectivity index (χ3v) is 1.90. The molecule has 0 aliphatic rings. The van der Waals surface area contributed by atoms with Crippen LogP contribution in [0.2, 0.25) is 0 Å². The van der Waals surface area contributed by atoms with Gasteiger partial charge in [-0.25, -0.2) is 4.98 Å². The summed E-state index contributed by atoms with van der Waals surface area (Å²) in [6, 6.07) is 1.80. The highest BCUT2D eigenvalue weighted by molar-refractivity contribution is 5.38. The fraction of sp³-hybridized carbons (Fsp3) is 0.667. The molecule has 0 saturated carbocycles. The van der Waals surface area contributed by atoms with E-state index in [0.717, 1.165) is 12.4 Å². The van der Waals surface area contributed by atoms with Gasteiger partial charge in [-0.2, -0.15) is 4.98 Å². The van der Waals surface area contributed by atoms with Crippen molar-refractivity contribution in [3.63, 3.8) is 0 Å². The summed E-state index contributed by atoms with van der Waals surface area (Å²) < 4.78 is 10.9. The van der Waals surface area contributed by atoms with Crippen LogP contribution in [0.5, 0.6) is 5.88 Å². The second kappa shape index (κ2) is 7.06. The summed E-state index contributed by atoms with van der Waals surface area (Å²) >= 11 is 0. The molecule has 1 aromatic heterocycles. The summed E-state index contributed by atoms with van der Waals surface area (Å²) in [5.41, 5.74) is 0. The van der Waals surface area contributed by atoms with E-state index in [0.29, 0.717) is 24.9 Å². The summed E-state index contributed by atoms with van der Waals surface area (Å²) in [6.45, 7) is 9.77. The summed E-state index contributed by atoms with van der Waals surface area (Å²) in [4.78, 5) is 8.64. The van der Waals surface area contributed by atoms with E-state index in [9.17, 15) is 0 Å². The van der Waals surface area contributed by atoms with Gasteiger partial charge in [-0.3, -0.25) is 0 Å². The van der Waals surface area contributed by atoms with Crippen molar-refractivity contribution in [2.45, 2.75) is 40.4 Å². The molecule has 0 aliphatic heterocycles. The minimum Gasteiger partial charge on any atom is -0.475 e. The van der Waals surface area contributed by atoms with Gasteiger partial charge < -0.3 is 14.8 Å². The van der Waals surface area contributed by atoms with Gasteiger partial charge in [-0.15, -0.1) is 0 Å². The summed E-state index contributed by atoms with van der Waals surface area (Å²) in [5.74, 6) is 1.99. The van der Waals surface area contributed by atoms with Gasteiger partial charge in [-0.05, 0) is 27.7 Å². The predicted molar refractivity (Wildman–Crippen MR) is 67.3 cm³/mol. The Morgan fingerprint density at radius 1 is 1.29 bits per heavy atom. The Balaban J connectivity index is 2.84. The third-order valence-electron chi connectivity index (χ3n) is 1.90. The number of hydrogen-bond donors (Lipinski definition) is 1. The van der Waals surface area contributed by atoms with Gasteiger partial charge in [0, 0.05) is 19.2 Å². The van der Waals surface area contributed by atoms with Crippen molar-refractivity contribution < 1.29 is 9.47 Å². The second-order valence-corrected chi connectivity index (χ2v) is 3.84. The topological polar surface area (TPSA) is 56.3 Å². The lowest BCUT2D eigenvalue weighted by atomic mass is 10.4. The van der Waals surface area contributed by atoms with Crippen LogP contribution in [0.25, 0.3) is 0 Å². The van der Waals surface area contributed by atoms with Crippen molar-refractivity contribution in [1.29, 1.82) is 0 Å². The van der Waals surface area contributed by atoms with Crippen LogP contribution < -0.4 is 10.1 Å². The van der Waals surface area contributed by atoms with Crippen molar-refractivity contribution in [3.8, 4) is 5.88 Å². The van der Waals surface area contributed by atoms with E-state index in [-0.39, 0.29) is 6.10 Å². The number of ether oxygens (including phenoxy) is 2. The lowest BCUT2D eigenvalue weighted by molar-refractivity contribution is 0.127. The van der Waals surface area contributed by atoms with Crippen LogP contribution in [0.4, 0.5) is 5.82 Å². The number of nitrogens with zero attached hydrogens (tertiary/aromatic N) is 2. The van der Waals surface area contributed by atoms with Crippen LogP contribution in [-0.2, 0) is 11.3 Å². The molecule has 0 aromatic carbocycles. The maximum absolute atomic E-state index is 5.58. The molecule has 17 heavy (non-hydrogen) atoms. The standard InChI is InChI=1S/C12H21N3O2/c1-5-13-10-7-12(17-9(3)4)15-11(14-10)8-16-6-2/h7,9H,5-6,8H2,1-4H3,(H,13,14,15). The zero-order valence-corrected chi connectivity index (χ0v) is 11.0. The molecule has 5 nitrogen and oxygen atoms in total. The average Bonchev–Trinajstić information content (AvgIpc) is 2.25. The van der Waals surface area contributed by atoms with E-state index in [4.69, 9.17) is 9.47 Å². The van der Waals surface area contributed by atoms with Crippen LogP contribution in [0.1, 0.15) is 33.5 Å². The fourth-order valence-corrected chi connectivity index (χ4v) is 1.30. The smallest absolute Gasteiger partial charge is 0.219 e. The predicted octanol–water partition coefficient (Wildman–Crippen LogP) is 2.23. The molecule has 1 aromatic rings. The van der Waals surface area contributed by atoms with Crippen LogP contribution in [0.3, 0.4) is 0 Å².